The van der Waals surface area contributed by atoms with Crippen LogP contribution in [0.3, 0.4) is 0 Å². The molecule has 0 bridgehead atoms. The smallest absolute Gasteiger partial charge is 0.341 e. The highest BCUT2D eigenvalue weighted by molar-refractivity contribution is 5.91. The fraction of sp³-hybridized carbons (Fsp3) is 0.590. The monoisotopic (exact) mass is 676 g/mol. The molecule has 4 fully saturated rings. The maximum Gasteiger partial charge on any atom is 0.341 e. The zero-order valence-corrected chi connectivity index (χ0v) is 28.4. The molecule has 4 aliphatic rings. The number of aliphatic hydroxyl groups is 3. The highest BCUT2D eigenvalue weighted by Gasteiger charge is 2.76. The maximum atomic E-state index is 13.9. The van der Waals surface area contributed by atoms with Crippen LogP contribution in [0.4, 0.5) is 0 Å². The number of fused-ring (bicyclic) bond motifs is 5. The summed E-state index contributed by atoms with van der Waals surface area (Å²) in [5, 5.41) is 45.3. The molecule has 0 amide bonds. The number of carboxylic acid groups (broad SMARTS) is 1. The van der Waals surface area contributed by atoms with Gasteiger partial charge in [-0.2, -0.15) is 0 Å². The van der Waals surface area contributed by atoms with Gasteiger partial charge in [-0.1, -0.05) is 57.2 Å². The van der Waals surface area contributed by atoms with E-state index in [1.807, 2.05) is 20.8 Å². The molecule has 0 saturated heterocycles. The Morgan fingerprint density at radius 2 is 1.43 bits per heavy atom. The van der Waals surface area contributed by atoms with Crippen LogP contribution >= 0.6 is 0 Å². The summed E-state index contributed by atoms with van der Waals surface area (Å²) in [5.74, 6) is -6.72. The third kappa shape index (κ3) is 5.60. The van der Waals surface area contributed by atoms with Crippen LogP contribution in [0, 0.1) is 46.3 Å². The molecule has 0 aromatic heterocycles. The minimum absolute atomic E-state index is 0.0310. The molecule has 11 atom stereocenters. The molecule has 4 saturated carbocycles. The minimum atomic E-state index is -2.03. The second kappa shape index (κ2) is 12.9. The van der Waals surface area contributed by atoms with Crippen molar-refractivity contribution in [2.24, 2.45) is 46.3 Å². The highest BCUT2D eigenvalue weighted by Crippen LogP contribution is 2.72. The Kier molecular flexibility index (Phi) is 9.30. The van der Waals surface area contributed by atoms with Crippen molar-refractivity contribution in [2.75, 3.05) is 0 Å². The normalized spacial score (nSPS) is 38.2. The third-order valence-corrected chi connectivity index (χ3v) is 13.4. The molecule has 0 aliphatic heterocycles. The van der Waals surface area contributed by atoms with Gasteiger partial charge >= 0.3 is 17.9 Å². The minimum Gasteiger partial charge on any atom is -0.481 e. The Balaban J connectivity index is 1.48. The van der Waals surface area contributed by atoms with Gasteiger partial charge in [-0.05, 0) is 98.3 Å². The zero-order chi connectivity index (χ0) is 35.4. The van der Waals surface area contributed by atoms with Gasteiger partial charge in [0.25, 0.3) is 5.79 Å². The highest BCUT2D eigenvalue weighted by atomic mass is 16.7. The molecule has 0 heterocycles. The standard InChI is InChI=1S/C39H48O10/c1-23(14-17-32(43)44)28-15-16-29-33-30(21-38(47,22-40)37(28,29)3)36(2)26(19-31(33)42)18-27(41)20-39(36,48-34(45)24-10-6-4-7-11-24)49-35(46)25-12-8-5-9-13-25/h4-13,22-23,26-31,33,41-42,47H,14-21H2,1-3H3,(H,43,44)/t23-,26+,27+,28-,29+,30+,31-,33+,36+,37-,38-/m1/s1. The van der Waals surface area contributed by atoms with Crippen LogP contribution in [0.2, 0.25) is 0 Å². The van der Waals surface area contributed by atoms with Crippen LogP contribution in [-0.4, -0.2) is 68.2 Å². The average molecular weight is 677 g/mol. The second-order valence-corrected chi connectivity index (χ2v) is 15.6. The van der Waals surface area contributed by atoms with E-state index in [9.17, 15) is 39.6 Å². The van der Waals surface area contributed by atoms with Gasteiger partial charge in [0.05, 0.1) is 35.2 Å². The van der Waals surface area contributed by atoms with E-state index in [-0.39, 0.29) is 61.0 Å². The molecule has 49 heavy (non-hydrogen) atoms. The van der Waals surface area contributed by atoms with Gasteiger partial charge in [0.15, 0.2) is 6.29 Å². The fourth-order valence-electron chi connectivity index (χ4n) is 11.0. The first-order valence-corrected chi connectivity index (χ1v) is 17.5. The van der Waals surface area contributed by atoms with Crippen LogP contribution in [0.15, 0.2) is 60.7 Å². The molecule has 4 aliphatic carbocycles. The molecule has 2 aromatic carbocycles. The lowest BCUT2D eigenvalue weighted by atomic mass is 9.39. The predicted molar refractivity (Wildman–Crippen MR) is 177 cm³/mol. The largest absolute Gasteiger partial charge is 0.481 e. The van der Waals surface area contributed by atoms with E-state index in [1.54, 1.807) is 60.7 Å². The van der Waals surface area contributed by atoms with Crippen molar-refractivity contribution in [3.05, 3.63) is 71.8 Å². The number of carbonyl (C=O) groups excluding carboxylic acids is 3. The van der Waals surface area contributed by atoms with Crippen LogP contribution in [-0.2, 0) is 19.1 Å². The molecule has 0 radical (unpaired) electrons. The number of carbonyl (C=O) groups is 4. The summed E-state index contributed by atoms with van der Waals surface area (Å²) in [6.45, 7) is 5.73. The van der Waals surface area contributed by atoms with Gasteiger partial charge < -0.3 is 34.7 Å². The van der Waals surface area contributed by atoms with Gasteiger partial charge in [-0.25, -0.2) is 9.59 Å². The summed E-state index contributed by atoms with van der Waals surface area (Å²) >= 11 is 0. The Bertz CT molecular complexity index is 1510. The van der Waals surface area contributed by atoms with Crippen molar-refractivity contribution >= 4 is 24.2 Å². The summed E-state index contributed by atoms with van der Waals surface area (Å²) in [4.78, 5) is 52.5. The van der Waals surface area contributed by atoms with Crippen molar-refractivity contribution in [3.63, 3.8) is 0 Å². The number of ether oxygens (including phenoxy) is 2. The number of rotatable bonds is 9. The quantitative estimate of drug-likeness (QED) is 0.161. The number of aldehydes is 1. The Morgan fingerprint density at radius 3 is 1.96 bits per heavy atom. The van der Waals surface area contributed by atoms with E-state index < -0.39 is 70.1 Å². The maximum absolute atomic E-state index is 13.9. The summed E-state index contributed by atoms with van der Waals surface area (Å²) in [6.07, 6.45) is 0.429. The first-order chi connectivity index (χ1) is 23.2. The van der Waals surface area contributed by atoms with Crippen molar-refractivity contribution in [3.8, 4) is 0 Å². The van der Waals surface area contributed by atoms with E-state index in [4.69, 9.17) is 9.47 Å². The molecule has 264 valence electrons. The zero-order valence-electron chi connectivity index (χ0n) is 28.4. The van der Waals surface area contributed by atoms with E-state index in [0.29, 0.717) is 25.5 Å². The molecule has 2 aromatic rings. The van der Waals surface area contributed by atoms with Crippen LogP contribution < -0.4 is 0 Å². The molecule has 0 spiro atoms. The van der Waals surface area contributed by atoms with Crippen LogP contribution in [0.1, 0.15) is 92.9 Å². The van der Waals surface area contributed by atoms with Crippen molar-refractivity contribution in [1.29, 1.82) is 0 Å². The molecule has 6 rings (SSSR count). The number of aliphatic hydroxyl groups excluding tert-OH is 2. The van der Waals surface area contributed by atoms with Crippen LogP contribution in [0.5, 0.6) is 0 Å². The first kappa shape index (κ1) is 35.2. The van der Waals surface area contributed by atoms with E-state index in [1.165, 1.54) is 0 Å². The van der Waals surface area contributed by atoms with E-state index in [2.05, 4.69) is 0 Å². The van der Waals surface area contributed by atoms with Gasteiger partial charge in [0.1, 0.15) is 5.60 Å². The number of hydrogen-bond acceptors (Lipinski definition) is 9. The molecular formula is C39H48O10. The predicted octanol–water partition coefficient (Wildman–Crippen LogP) is 5.04. The number of hydrogen-bond donors (Lipinski definition) is 4. The lowest BCUT2D eigenvalue weighted by Crippen LogP contribution is -2.73. The first-order valence-electron chi connectivity index (χ1n) is 17.5. The second-order valence-electron chi connectivity index (χ2n) is 15.6. The fourth-order valence-corrected chi connectivity index (χ4v) is 11.0. The molecule has 0 unspecified atom stereocenters. The average Bonchev–Trinajstić information content (AvgIpc) is 3.44. The van der Waals surface area contributed by atoms with E-state index >= 15 is 0 Å². The third-order valence-electron chi connectivity index (χ3n) is 13.4. The SMILES string of the molecule is C[C@H](CCC(=O)O)[C@H]1CC[C@H]2[C@@H]3[C@H](O)C[C@@H]4C[C@H](O)CC(OC(=O)c5ccccc5)(OC(=O)c5ccccc5)[C@]4(C)[C@H]3C[C@@](O)(C=O)[C@]12C. The summed E-state index contributed by atoms with van der Waals surface area (Å²) < 4.78 is 12.8. The lowest BCUT2D eigenvalue weighted by molar-refractivity contribution is -0.338. The summed E-state index contributed by atoms with van der Waals surface area (Å²) in [5.41, 5.74) is -3.65. The molecule has 10 heteroatoms. The lowest BCUT2D eigenvalue weighted by Gasteiger charge is -2.68. The van der Waals surface area contributed by atoms with E-state index in [0.717, 1.165) is 0 Å². The topological polar surface area (TPSA) is 168 Å². The van der Waals surface area contributed by atoms with Crippen molar-refractivity contribution in [1.82, 2.24) is 0 Å². The van der Waals surface area contributed by atoms with Gasteiger partial charge in [-0.3, -0.25) is 4.79 Å². The van der Waals surface area contributed by atoms with Gasteiger partial charge in [-0.15, -0.1) is 0 Å². The molecular weight excluding hydrogens is 628 g/mol. The number of carboxylic acids is 1. The number of aliphatic carboxylic acids is 1. The summed E-state index contributed by atoms with van der Waals surface area (Å²) in [7, 11) is 0. The van der Waals surface area contributed by atoms with Gasteiger partial charge in [0, 0.05) is 11.8 Å². The van der Waals surface area contributed by atoms with Crippen LogP contribution in [0.25, 0.3) is 0 Å². The van der Waals surface area contributed by atoms with Gasteiger partial charge in [0.2, 0.25) is 0 Å². The van der Waals surface area contributed by atoms with Crippen molar-refractivity contribution in [2.45, 2.75) is 95.7 Å². The Labute approximate surface area is 286 Å². The number of esters is 2. The molecule has 10 nitrogen and oxygen atoms in total. The Hall–Kier alpha value is -3.60. The van der Waals surface area contributed by atoms with Crippen molar-refractivity contribution < 1.29 is 49.1 Å². The summed E-state index contributed by atoms with van der Waals surface area (Å²) in [6, 6.07) is 16.6. The molecule has 4 N–H and O–H groups in total. The number of benzene rings is 2. The Morgan fingerprint density at radius 1 is 0.857 bits per heavy atom.